The number of aromatic nitrogens is 4. The van der Waals surface area contributed by atoms with E-state index in [0.29, 0.717) is 43.5 Å². The number of rotatable bonds is 4. The molecule has 7 rings (SSSR count). The molecule has 13 nitrogen and oxygen atoms in total. The van der Waals surface area contributed by atoms with Gasteiger partial charge in [-0.05, 0) is 71.0 Å². The number of fused-ring (bicyclic) bond motifs is 4. The van der Waals surface area contributed by atoms with E-state index < -0.39 is 40.9 Å². The molecule has 4 aromatic rings. The topological polar surface area (TPSA) is 127 Å². The van der Waals surface area contributed by atoms with Crippen LogP contribution in [-0.4, -0.2) is 92.9 Å². The number of carbonyl (C=O) groups is 2. The van der Waals surface area contributed by atoms with E-state index in [1.807, 2.05) is 29.8 Å². The molecule has 18 heteroatoms. The molecule has 1 aromatic carbocycles. The number of hydrogen-bond acceptors (Lipinski definition) is 10. The molecule has 1 N–H and O–H groups in total. The van der Waals surface area contributed by atoms with Crippen LogP contribution in [0.4, 0.5) is 29.3 Å². The first-order valence-electron chi connectivity index (χ1n) is 16.9. The van der Waals surface area contributed by atoms with Crippen LogP contribution in [0.5, 0.6) is 0 Å². The Morgan fingerprint density at radius 2 is 1.85 bits per heavy atom. The van der Waals surface area contributed by atoms with Crippen LogP contribution < -0.4 is 15.8 Å². The van der Waals surface area contributed by atoms with Crippen LogP contribution in [0.1, 0.15) is 61.5 Å². The number of benzene rings is 1. The lowest BCUT2D eigenvalue weighted by atomic mass is 10.0. The van der Waals surface area contributed by atoms with Crippen molar-refractivity contribution in [1.29, 1.82) is 0 Å². The first kappa shape index (κ1) is 36.2. The summed E-state index contributed by atoms with van der Waals surface area (Å²) in [6.45, 7) is 9.76. The lowest BCUT2D eigenvalue weighted by Crippen LogP contribution is -2.53. The number of halogens is 4. The van der Waals surface area contributed by atoms with Crippen molar-refractivity contribution in [2.24, 2.45) is 0 Å². The standard InChI is InChI=1S/C34H38ClF3N8O5S/c1-18-26-27(43-9-11-44(12-10-43)32(49)51-33(2,3)4)30(48)46-31(40-28(41-46)24-14-19-8-13-50-17-25(19)52-24)45(26)23(16-42(18)5)29(47)39-22-7-6-20(15-21(22)35)34(36,37)38/h6-7,14-15,18,23H,8-13,16-17H2,1-5H3,(H,39,47)/t18-,23-/m0/s1. The van der Waals surface area contributed by atoms with Gasteiger partial charge >= 0.3 is 12.3 Å². The van der Waals surface area contributed by atoms with Crippen molar-refractivity contribution >= 4 is 52.1 Å². The third kappa shape index (κ3) is 6.74. The highest BCUT2D eigenvalue weighted by Gasteiger charge is 2.40. The summed E-state index contributed by atoms with van der Waals surface area (Å²) in [6, 6.07) is 3.37. The molecule has 0 radical (unpaired) electrons. The van der Waals surface area contributed by atoms with Gasteiger partial charge in [-0.3, -0.25) is 19.1 Å². The molecular weight excluding hydrogens is 725 g/mol. The smallest absolute Gasteiger partial charge is 0.416 e. The van der Waals surface area contributed by atoms with Crippen molar-refractivity contribution in [3.8, 4) is 10.7 Å². The van der Waals surface area contributed by atoms with Gasteiger partial charge in [-0.1, -0.05) is 11.6 Å². The Hall–Kier alpha value is -4.19. The van der Waals surface area contributed by atoms with Gasteiger partial charge in [-0.25, -0.2) is 4.79 Å². The fourth-order valence-corrected chi connectivity index (χ4v) is 8.07. The average molecular weight is 763 g/mol. The first-order valence-corrected chi connectivity index (χ1v) is 18.0. The van der Waals surface area contributed by atoms with E-state index in [1.165, 1.54) is 15.9 Å². The normalized spacial score (nSPS) is 19.8. The fraction of sp³-hybridized carbons (Fsp3) is 0.500. The van der Waals surface area contributed by atoms with E-state index >= 15 is 0 Å². The lowest BCUT2D eigenvalue weighted by molar-refractivity contribution is -0.137. The van der Waals surface area contributed by atoms with Gasteiger partial charge in [0.15, 0.2) is 5.82 Å². The maximum atomic E-state index is 14.6. The Balaban J connectivity index is 1.33. The van der Waals surface area contributed by atoms with Crippen LogP contribution in [0.3, 0.4) is 0 Å². The van der Waals surface area contributed by atoms with Crippen LogP contribution in [0.15, 0.2) is 29.1 Å². The zero-order chi connectivity index (χ0) is 37.3. The van der Waals surface area contributed by atoms with Crippen molar-refractivity contribution in [2.45, 2.75) is 64.6 Å². The van der Waals surface area contributed by atoms with Crippen LogP contribution >= 0.6 is 22.9 Å². The predicted molar refractivity (Wildman–Crippen MR) is 189 cm³/mol. The molecule has 0 spiro atoms. The van der Waals surface area contributed by atoms with Gasteiger partial charge in [0.05, 0.1) is 40.1 Å². The van der Waals surface area contributed by atoms with Crippen molar-refractivity contribution in [1.82, 2.24) is 29.0 Å². The number of likely N-dealkylation sites (N-methyl/N-ethyl adjacent to an activating group) is 1. The largest absolute Gasteiger partial charge is 0.444 e. The molecule has 0 saturated carbocycles. The lowest BCUT2D eigenvalue weighted by Gasteiger charge is -2.42. The van der Waals surface area contributed by atoms with Gasteiger partial charge < -0.3 is 24.6 Å². The molecular formula is C34H38ClF3N8O5S. The molecule has 2 atom stereocenters. The summed E-state index contributed by atoms with van der Waals surface area (Å²) < 4.78 is 54.2. The number of anilines is 2. The van der Waals surface area contributed by atoms with Gasteiger partial charge in [0.25, 0.3) is 5.56 Å². The van der Waals surface area contributed by atoms with E-state index in [1.54, 1.807) is 30.2 Å². The molecule has 3 aliphatic rings. The molecule has 2 amide bonds. The first-order chi connectivity index (χ1) is 24.5. The fourth-order valence-electron chi connectivity index (χ4n) is 6.76. The zero-order valence-corrected chi connectivity index (χ0v) is 30.8. The van der Waals surface area contributed by atoms with E-state index in [9.17, 15) is 27.6 Å². The maximum absolute atomic E-state index is 14.6. The molecule has 1 fully saturated rings. The van der Waals surface area contributed by atoms with Crippen molar-refractivity contribution < 1.29 is 32.2 Å². The van der Waals surface area contributed by atoms with Crippen LogP contribution in [0.2, 0.25) is 5.02 Å². The number of carbonyl (C=O) groups excluding carboxylic acids is 2. The van der Waals surface area contributed by atoms with E-state index in [4.69, 9.17) is 31.2 Å². The highest BCUT2D eigenvalue weighted by Crippen LogP contribution is 2.39. The minimum absolute atomic E-state index is 0.00610. The third-order valence-corrected chi connectivity index (χ3v) is 11.0. The monoisotopic (exact) mass is 762 g/mol. The Morgan fingerprint density at radius 3 is 2.50 bits per heavy atom. The van der Waals surface area contributed by atoms with Gasteiger partial charge in [0.2, 0.25) is 11.7 Å². The Kier molecular flexibility index (Phi) is 9.28. The molecule has 0 unspecified atom stereocenters. The summed E-state index contributed by atoms with van der Waals surface area (Å²) in [6.07, 6.45) is -4.31. The van der Waals surface area contributed by atoms with Gasteiger partial charge in [0.1, 0.15) is 17.3 Å². The summed E-state index contributed by atoms with van der Waals surface area (Å²) in [5.41, 5.74) is -0.0673. The number of nitrogens with one attached hydrogen (secondary N) is 1. The number of hydrogen-bond donors (Lipinski definition) is 1. The summed E-state index contributed by atoms with van der Waals surface area (Å²) in [5.74, 6) is -0.108. The van der Waals surface area contributed by atoms with Crippen LogP contribution in [0.25, 0.3) is 16.5 Å². The molecule has 52 heavy (non-hydrogen) atoms. The van der Waals surface area contributed by atoms with Crippen molar-refractivity contribution in [3.63, 3.8) is 0 Å². The molecule has 0 bridgehead atoms. The highest BCUT2D eigenvalue weighted by atomic mass is 35.5. The molecule has 6 heterocycles. The van der Waals surface area contributed by atoms with Gasteiger partial charge in [-0.15, -0.1) is 16.4 Å². The number of amides is 2. The highest BCUT2D eigenvalue weighted by molar-refractivity contribution is 7.15. The minimum Gasteiger partial charge on any atom is -0.444 e. The number of nitrogens with zero attached hydrogens (tertiary/aromatic N) is 7. The second kappa shape index (κ2) is 13.3. The van der Waals surface area contributed by atoms with Gasteiger partial charge in [-0.2, -0.15) is 22.7 Å². The van der Waals surface area contributed by atoms with Crippen molar-refractivity contribution in [2.75, 3.05) is 56.6 Å². The Bertz CT molecular complexity index is 2090. The number of alkyl halides is 3. The number of thiophene rings is 1. The summed E-state index contributed by atoms with van der Waals surface area (Å²) in [5, 5.41) is 7.14. The predicted octanol–water partition coefficient (Wildman–Crippen LogP) is 5.61. The van der Waals surface area contributed by atoms with Crippen LogP contribution in [0, 0.1) is 0 Å². The SMILES string of the molecule is C[C@H]1c2c(N3CCN(C(=O)OC(C)(C)C)CC3)c(=O)n3nc(-c4cc5c(s4)COCC5)nc3n2[C@H](C(=O)Nc2ccc(C(F)(F)F)cc2Cl)CN1C. The average Bonchev–Trinajstić information content (AvgIpc) is 3.72. The molecule has 1 saturated heterocycles. The Labute approximate surface area is 305 Å². The number of piperazine rings is 1. The summed E-state index contributed by atoms with van der Waals surface area (Å²) in [4.78, 5) is 53.7. The maximum Gasteiger partial charge on any atom is 0.416 e. The van der Waals surface area contributed by atoms with E-state index in [0.717, 1.165) is 39.9 Å². The molecule has 0 aliphatic carbocycles. The summed E-state index contributed by atoms with van der Waals surface area (Å²) in [7, 11) is 1.83. The molecule has 3 aliphatic heterocycles. The Morgan fingerprint density at radius 1 is 1.12 bits per heavy atom. The third-order valence-electron chi connectivity index (χ3n) is 9.50. The van der Waals surface area contributed by atoms with Crippen LogP contribution in [-0.2, 0) is 33.5 Å². The van der Waals surface area contributed by atoms with Gasteiger partial charge in [0, 0.05) is 43.6 Å². The van der Waals surface area contributed by atoms with E-state index in [2.05, 4.69) is 5.32 Å². The molecule has 3 aromatic heterocycles. The van der Waals surface area contributed by atoms with E-state index in [-0.39, 0.29) is 42.2 Å². The second-order valence-corrected chi connectivity index (χ2v) is 15.7. The summed E-state index contributed by atoms with van der Waals surface area (Å²) >= 11 is 7.73. The van der Waals surface area contributed by atoms with Crippen molar-refractivity contribution in [3.05, 3.63) is 61.3 Å². The number of ether oxygens (including phenoxy) is 2. The quantitative estimate of drug-likeness (QED) is 0.283. The zero-order valence-electron chi connectivity index (χ0n) is 29.2. The molecule has 278 valence electrons. The minimum atomic E-state index is -4.61. The second-order valence-electron chi connectivity index (χ2n) is 14.2.